The predicted octanol–water partition coefficient (Wildman–Crippen LogP) is 2.81. The molecule has 0 aliphatic heterocycles. The molecular formula is C15H14BrN2O4S-. The van der Waals surface area contributed by atoms with Gasteiger partial charge in [0, 0.05) is 21.9 Å². The molecule has 6 nitrogen and oxygen atoms in total. The molecule has 23 heavy (non-hydrogen) atoms. The lowest BCUT2D eigenvalue weighted by atomic mass is 10.2. The van der Waals surface area contributed by atoms with E-state index < -0.39 is 5.97 Å². The summed E-state index contributed by atoms with van der Waals surface area (Å²) in [6.07, 6.45) is 1.42. The molecule has 8 heteroatoms. The number of thioether (sulfide) groups is 1. The second kappa shape index (κ2) is 7.65. The molecule has 0 atom stereocenters. The first-order chi connectivity index (χ1) is 10.8. The number of hydrogen-bond donors (Lipinski definition) is 0. The van der Waals surface area contributed by atoms with E-state index in [9.17, 15) is 9.90 Å². The molecule has 0 fully saturated rings. The quantitative estimate of drug-likeness (QED) is 0.546. The molecule has 1 aromatic heterocycles. The minimum absolute atomic E-state index is 0.0408. The number of carbonyl (C=O) groups is 1. The molecule has 0 spiro atoms. The van der Waals surface area contributed by atoms with Gasteiger partial charge in [0.05, 0.1) is 12.1 Å². The van der Waals surface area contributed by atoms with Gasteiger partial charge < -0.3 is 19.1 Å². The van der Waals surface area contributed by atoms with Crippen LogP contribution >= 0.6 is 27.7 Å². The summed E-state index contributed by atoms with van der Waals surface area (Å²) in [5, 5.41) is 19.0. The second-order valence-electron chi connectivity index (χ2n) is 4.83. The summed E-state index contributed by atoms with van der Waals surface area (Å²) in [5.41, 5.74) is 0.607. The third-order valence-corrected chi connectivity index (χ3v) is 3.86. The van der Waals surface area contributed by atoms with Crippen LogP contribution in [-0.2, 0) is 4.79 Å². The Morgan fingerprint density at radius 3 is 2.74 bits per heavy atom. The first-order valence-corrected chi connectivity index (χ1v) is 8.33. The second-order valence-corrected chi connectivity index (χ2v) is 6.74. The van der Waals surface area contributed by atoms with Crippen molar-refractivity contribution in [1.29, 1.82) is 0 Å². The normalized spacial score (nSPS) is 11.8. The molecule has 2 rings (SSSR count). The number of carbonyl (C=O) groups excluding carboxylic acids is 1. The van der Waals surface area contributed by atoms with Gasteiger partial charge in [-0.1, -0.05) is 15.9 Å². The Bertz CT molecular complexity index is 743. The Morgan fingerprint density at radius 1 is 1.43 bits per heavy atom. The van der Waals surface area contributed by atoms with E-state index in [0.717, 1.165) is 16.2 Å². The molecule has 0 saturated heterocycles. The SMILES string of the molecule is Cc1nnc(S/C(=C/c2cc(Br)ccc2OC(C)C)C(=O)[O-])o1. The summed E-state index contributed by atoms with van der Waals surface area (Å²) in [6.45, 7) is 5.42. The zero-order valence-electron chi connectivity index (χ0n) is 12.7. The molecule has 0 amide bonds. The highest BCUT2D eigenvalue weighted by Crippen LogP contribution is 2.31. The number of aliphatic carboxylic acids is 1. The predicted molar refractivity (Wildman–Crippen MR) is 87.8 cm³/mol. The van der Waals surface area contributed by atoms with Crippen molar-refractivity contribution in [3.05, 3.63) is 39.0 Å². The lowest BCUT2D eigenvalue weighted by Gasteiger charge is -2.14. The average Bonchev–Trinajstić information content (AvgIpc) is 2.86. The van der Waals surface area contributed by atoms with E-state index in [4.69, 9.17) is 9.15 Å². The Morgan fingerprint density at radius 2 is 2.17 bits per heavy atom. The number of hydrogen-bond acceptors (Lipinski definition) is 7. The van der Waals surface area contributed by atoms with Crippen LogP contribution in [0.3, 0.4) is 0 Å². The number of ether oxygens (including phenoxy) is 1. The summed E-state index contributed by atoms with van der Waals surface area (Å²) in [6, 6.07) is 5.35. The molecule has 122 valence electrons. The van der Waals surface area contributed by atoms with Gasteiger partial charge in [-0.05, 0) is 49.9 Å². The largest absolute Gasteiger partial charge is 0.544 e. The molecule has 1 aromatic carbocycles. The van der Waals surface area contributed by atoms with Crippen molar-refractivity contribution >= 4 is 39.7 Å². The summed E-state index contributed by atoms with van der Waals surface area (Å²) in [5.74, 6) is -0.401. The van der Waals surface area contributed by atoms with E-state index in [0.29, 0.717) is 17.2 Å². The molecule has 0 saturated carbocycles. The number of carboxylic acid groups (broad SMARTS) is 1. The number of benzene rings is 1. The van der Waals surface area contributed by atoms with Crippen molar-refractivity contribution in [3.8, 4) is 5.75 Å². The van der Waals surface area contributed by atoms with E-state index >= 15 is 0 Å². The zero-order valence-corrected chi connectivity index (χ0v) is 15.1. The fourth-order valence-corrected chi connectivity index (χ4v) is 2.76. The highest BCUT2D eigenvalue weighted by Gasteiger charge is 2.11. The number of carboxylic acids is 1. The fourth-order valence-electron chi connectivity index (χ4n) is 1.68. The molecule has 0 aliphatic rings. The molecule has 0 bridgehead atoms. The number of aryl methyl sites for hydroxylation is 1. The highest BCUT2D eigenvalue weighted by atomic mass is 79.9. The van der Waals surface area contributed by atoms with Gasteiger partial charge >= 0.3 is 0 Å². The van der Waals surface area contributed by atoms with Crippen molar-refractivity contribution in [2.75, 3.05) is 0 Å². The molecule has 0 aliphatic carbocycles. The fraction of sp³-hybridized carbons (Fsp3) is 0.267. The van der Waals surface area contributed by atoms with Gasteiger partial charge in [0.15, 0.2) is 0 Å². The van der Waals surface area contributed by atoms with E-state index in [1.54, 1.807) is 19.1 Å². The number of nitrogens with zero attached hydrogens (tertiary/aromatic N) is 2. The molecule has 1 heterocycles. The molecule has 0 radical (unpaired) electrons. The van der Waals surface area contributed by atoms with Crippen LogP contribution in [0.15, 0.2) is 37.2 Å². The van der Waals surface area contributed by atoms with Crippen LogP contribution in [0.4, 0.5) is 0 Å². The first kappa shape index (κ1) is 17.6. The minimum atomic E-state index is -1.33. The van der Waals surface area contributed by atoms with Crippen molar-refractivity contribution in [3.63, 3.8) is 0 Å². The third kappa shape index (κ3) is 5.11. The topological polar surface area (TPSA) is 88.3 Å². The molecular weight excluding hydrogens is 384 g/mol. The maximum Gasteiger partial charge on any atom is 0.281 e. The molecule has 0 N–H and O–H groups in total. The monoisotopic (exact) mass is 397 g/mol. The van der Waals surface area contributed by atoms with E-state index in [-0.39, 0.29) is 16.2 Å². The highest BCUT2D eigenvalue weighted by molar-refractivity contribution is 9.10. The summed E-state index contributed by atoms with van der Waals surface area (Å²) < 4.78 is 11.7. The number of rotatable bonds is 6. The standard InChI is InChI=1S/C15H15BrN2O4S/c1-8(2)21-12-5-4-11(16)6-10(12)7-13(14(19)20)23-15-18-17-9(3)22-15/h4-8H,1-3H3,(H,19,20)/p-1/b13-7+. The Kier molecular flexibility index (Phi) is 5.84. The van der Waals surface area contributed by atoms with Gasteiger partial charge in [-0.2, -0.15) is 0 Å². The van der Waals surface area contributed by atoms with Crippen LogP contribution in [0.5, 0.6) is 5.75 Å². The van der Waals surface area contributed by atoms with Crippen LogP contribution in [0.2, 0.25) is 0 Å². The van der Waals surface area contributed by atoms with Gasteiger partial charge in [-0.25, -0.2) is 0 Å². The van der Waals surface area contributed by atoms with Crippen molar-refractivity contribution in [2.45, 2.75) is 32.1 Å². The smallest absolute Gasteiger partial charge is 0.281 e. The van der Waals surface area contributed by atoms with E-state index in [1.165, 1.54) is 6.08 Å². The third-order valence-electron chi connectivity index (χ3n) is 2.53. The van der Waals surface area contributed by atoms with Gasteiger partial charge in [0.1, 0.15) is 5.75 Å². The van der Waals surface area contributed by atoms with Crippen LogP contribution < -0.4 is 9.84 Å². The van der Waals surface area contributed by atoms with Crippen molar-refractivity contribution in [1.82, 2.24) is 10.2 Å². The number of halogens is 1. The lowest BCUT2D eigenvalue weighted by Crippen LogP contribution is -2.23. The minimum Gasteiger partial charge on any atom is -0.544 e. The zero-order chi connectivity index (χ0) is 17.0. The summed E-state index contributed by atoms with van der Waals surface area (Å²) in [7, 11) is 0. The van der Waals surface area contributed by atoms with Crippen LogP contribution in [-0.4, -0.2) is 22.3 Å². The van der Waals surface area contributed by atoms with Crippen LogP contribution in [0, 0.1) is 6.92 Å². The van der Waals surface area contributed by atoms with Gasteiger partial charge in [0.25, 0.3) is 5.22 Å². The van der Waals surface area contributed by atoms with Gasteiger partial charge in [0.2, 0.25) is 5.89 Å². The molecule has 2 aromatic rings. The van der Waals surface area contributed by atoms with Crippen LogP contribution in [0.1, 0.15) is 25.3 Å². The maximum absolute atomic E-state index is 11.4. The maximum atomic E-state index is 11.4. The van der Waals surface area contributed by atoms with Gasteiger partial charge in [-0.15, -0.1) is 10.2 Å². The summed E-state index contributed by atoms with van der Waals surface area (Å²) >= 11 is 4.20. The number of aromatic nitrogens is 2. The Labute approximate surface area is 146 Å². The van der Waals surface area contributed by atoms with Crippen LogP contribution in [0.25, 0.3) is 6.08 Å². The summed E-state index contributed by atoms with van der Waals surface area (Å²) in [4.78, 5) is 11.3. The van der Waals surface area contributed by atoms with E-state index in [2.05, 4.69) is 26.1 Å². The first-order valence-electron chi connectivity index (χ1n) is 6.72. The Balaban J connectivity index is 2.38. The van der Waals surface area contributed by atoms with E-state index in [1.807, 2.05) is 19.9 Å². The van der Waals surface area contributed by atoms with Crippen molar-refractivity contribution < 1.29 is 19.1 Å². The molecule has 0 unspecified atom stereocenters. The average molecular weight is 398 g/mol. The lowest BCUT2D eigenvalue weighted by molar-refractivity contribution is -0.298. The van der Waals surface area contributed by atoms with Crippen molar-refractivity contribution in [2.24, 2.45) is 0 Å². The Hall–Kier alpha value is -1.80. The van der Waals surface area contributed by atoms with Gasteiger partial charge in [-0.3, -0.25) is 0 Å².